The molecule has 20 heavy (non-hydrogen) atoms. The van der Waals surface area contributed by atoms with Crippen molar-refractivity contribution in [2.45, 2.75) is 32.6 Å². The molecule has 0 saturated heterocycles. The Hall–Kier alpha value is -2.10. The van der Waals surface area contributed by atoms with Crippen LogP contribution in [0.1, 0.15) is 41.4 Å². The topological polar surface area (TPSA) is 59.4 Å². The number of hydrogen-bond acceptors (Lipinski definition) is 3. The third-order valence-corrected chi connectivity index (χ3v) is 3.76. The molecule has 2 aromatic rings. The van der Waals surface area contributed by atoms with E-state index in [4.69, 9.17) is 4.74 Å². The number of hydrogen-bond donors (Lipinski definition) is 1. The number of aromatic nitrogens is 1. The summed E-state index contributed by atoms with van der Waals surface area (Å²) >= 11 is 0. The van der Waals surface area contributed by atoms with Crippen molar-refractivity contribution in [3.8, 4) is 5.75 Å². The average Bonchev–Trinajstić information content (AvgIpc) is 2.44. The summed E-state index contributed by atoms with van der Waals surface area (Å²) < 4.78 is 5.47. The zero-order valence-electron chi connectivity index (χ0n) is 11.5. The minimum Gasteiger partial charge on any atom is -0.494 e. The summed E-state index contributed by atoms with van der Waals surface area (Å²) in [6.45, 7) is 2.47. The second-order valence-electron chi connectivity index (χ2n) is 5.04. The van der Waals surface area contributed by atoms with E-state index in [1.165, 1.54) is 0 Å². The summed E-state index contributed by atoms with van der Waals surface area (Å²) in [6.07, 6.45) is 3.80. The molecule has 1 aliphatic carbocycles. The predicted octanol–water partition coefficient (Wildman–Crippen LogP) is 3.21. The number of rotatable bonds is 3. The molecule has 1 aromatic heterocycles. The van der Waals surface area contributed by atoms with Crippen molar-refractivity contribution in [2.75, 3.05) is 6.61 Å². The first-order valence-electron chi connectivity index (χ1n) is 7.02. The first-order valence-corrected chi connectivity index (χ1v) is 7.02. The van der Waals surface area contributed by atoms with Gasteiger partial charge >= 0.3 is 5.97 Å². The van der Waals surface area contributed by atoms with Crippen molar-refractivity contribution >= 4 is 16.9 Å². The Kier molecular flexibility index (Phi) is 3.30. The summed E-state index contributed by atoms with van der Waals surface area (Å²) in [4.78, 5) is 16.3. The van der Waals surface area contributed by atoms with Crippen LogP contribution in [0.25, 0.3) is 10.9 Å². The molecule has 4 heteroatoms. The first-order chi connectivity index (χ1) is 9.70. The van der Waals surface area contributed by atoms with Crippen molar-refractivity contribution in [3.63, 3.8) is 0 Å². The number of aromatic carboxylic acids is 1. The summed E-state index contributed by atoms with van der Waals surface area (Å²) in [5.41, 5.74) is 3.01. The number of carboxylic acid groups (broad SMARTS) is 1. The van der Waals surface area contributed by atoms with E-state index < -0.39 is 5.97 Å². The van der Waals surface area contributed by atoms with E-state index in [0.29, 0.717) is 23.3 Å². The fraction of sp³-hybridized carbons (Fsp3) is 0.375. The maximum absolute atomic E-state index is 11.7. The lowest BCUT2D eigenvalue weighted by Crippen LogP contribution is -2.13. The summed E-state index contributed by atoms with van der Waals surface area (Å²) in [5, 5.41) is 10.3. The van der Waals surface area contributed by atoms with Crippen molar-refractivity contribution in [1.29, 1.82) is 0 Å². The largest absolute Gasteiger partial charge is 0.494 e. The maximum Gasteiger partial charge on any atom is 0.336 e. The zero-order chi connectivity index (χ0) is 14.1. The van der Waals surface area contributed by atoms with Crippen LogP contribution >= 0.6 is 0 Å². The van der Waals surface area contributed by atoms with Crippen LogP contribution in [0.5, 0.6) is 5.75 Å². The highest BCUT2D eigenvalue weighted by Gasteiger charge is 2.22. The van der Waals surface area contributed by atoms with Gasteiger partial charge in [-0.25, -0.2) is 4.79 Å². The molecule has 0 saturated carbocycles. The molecule has 4 nitrogen and oxygen atoms in total. The van der Waals surface area contributed by atoms with E-state index in [1.807, 2.05) is 19.1 Å². The number of aryl methyl sites for hydroxylation is 1. The Bertz CT molecular complexity index is 679. The van der Waals surface area contributed by atoms with Gasteiger partial charge in [0.25, 0.3) is 0 Å². The van der Waals surface area contributed by atoms with Gasteiger partial charge in [-0.1, -0.05) is 0 Å². The van der Waals surface area contributed by atoms with Crippen LogP contribution in [0.3, 0.4) is 0 Å². The molecule has 1 N–H and O–H groups in total. The molecule has 0 aliphatic heterocycles. The van der Waals surface area contributed by atoms with E-state index in [-0.39, 0.29) is 0 Å². The second kappa shape index (κ2) is 5.12. The number of fused-ring (bicyclic) bond motifs is 2. The van der Waals surface area contributed by atoms with Crippen LogP contribution in [0.4, 0.5) is 0 Å². The van der Waals surface area contributed by atoms with Crippen LogP contribution in [0.2, 0.25) is 0 Å². The molecule has 0 unspecified atom stereocenters. The van der Waals surface area contributed by atoms with Crippen LogP contribution < -0.4 is 4.74 Å². The molecule has 1 aliphatic rings. The average molecular weight is 271 g/mol. The van der Waals surface area contributed by atoms with E-state index in [2.05, 4.69) is 4.98 Å². The zero-order valence-corrected chi connectivity index (χ0v) is 11.5. The minimum absolute atomic E-state index is 0.409. The lowest BCUT2D eigenvalue weighted by molar-refractivity contribution is 0.0697. The van der Waals surface area contributed by atoms with Gasteiger partial charge in [-0.15, -0.1) is 0 Å². The first kappa shape index (κ1) is 12.9. The minimum atomic E-state index is -0.871. The van der Waals surface area contributed by atoms with E-state index in [9.17, 15) is 9.90 Å². The smallest absolute Gasteiger partial charge is 0.336 e. The molecule has 0 bridgehead atoms. The lowest BCUT2D eigenvalue weighted by atomic mass is 9.90. The van der Waals surface area contributed by atoms with Gasteiger partial charge < -0.3 is 9.84 Å². The standard InChI is InChI=1S/C16H17NO3/c1-2-20-10-7-8-14-12(9-10)15(16(18)19)11-5-3-4-6-13(11)17-14/h7-9H,2-6H2,1H3,(H,18,19). The molecule has 0 fully saturated rings. The lowest BCUT2D eigenvalue weighted by Gasteiger charge is -2.19. The van der Waals surface area contributed by atoms with Crippen molar-refractivity contribution in [2.24, 2.45) is 0 Å². The molecular weight excluding hydrogens is 254 g/mol. The second-order valence-corrected chi connectivity index (χ2v) is 5.04. The fourth-order valence-corrected chi connectivity index (χ4v) is 2.90. The fourth-order valence-electron chi connectivity index (χ4n) is 2.90. The molecule has 0 amide bonds. The monoisotopic (exact) mass is 271 g/mol. The molecule has 0 atom stereocenters. The number of benzene rings is 1. The highest BCUT2D eigenvalue weighted by Crippen LogP contribution is 2.31. The molecule has 3 rings (SSSR count). The summed E-state index contributed by atoms with van der Waals surface area (Å²) in [7, 11) is 0. The van der Waals surface area contributed by atoms with Gasteiger partial charge in [0.1, 0.15) is 5.75 Å². The summed E-state index contributed by atoms with van der Waals surface area (Å²) in [5.74, 6) is -0.177. The third-order valence-electron chi connectivity index (χ3n) is 3.76. The summed E-state index contributed by atoms with van der Waals surface area (Å²) in [6, 6.07) is 5.49. The maximum atomic E-state index is 11.7. The Labute approximate surface area is 117 Å². The Morgan fingerprint density at radius 2 is 2.15 bits per heavy atom. The Morgan fingerprint density at radius 1 is 1.35 bits per heavy atom. The predicted molar refractivity (Wildman–Crippen MR) is 76.5 cm³/mol. The number of ether oxygens (including phenoxy) is 1. The quantitative estimate of drug-likeness (QED) is 0.931. The number of carboxylic acids is 1. The Balaban J connectivity index is 2.28. The van der Waals surface area contributed by atoms with Crippen LogP contribution in [0, 0.1) is 0 Å². The van der Waals surface area contributed by atoms with E-state index in [0.717, 1.165) is 42.5 Å². The van der Waals surface area contributed by atoms with Gasteiger partial charge in [-0.2, -0.15) is 0 Å². The van der Waals surface area contributed by atoms with Gasteiger partial charge in [0.15, 0.2) is 0 Å². The van der Waals surface area contributed by atoms with Crippen molar-refractivity contribution in [3.05, 3.63) is 35.0 Å². The van der Waals surface area contributed by atoms with Gasteiger partial charge in [-0.3, -0.25) is 4.98 Å². The molecule has 0 spiro atoms. The van der Waals surface area contributed by atoms with E-state index in [1.54, 1.807) is 6.07 Å². The highest BCUT2D eigenvalue weighted by molar-refractivity contribution is 6.04. The SMILES string of the molecule is CCOc1ccc2nc3c(c(C(=O)O)c2c1)CCCC3. The van der Waals surface area contributed by atoms with Gasteiger partial charge in [0, 0.05) is 11.1 Å². The van der Waals surface area contributed by atoms with E-state index >= 15 is 0 Å². The molecule has 1 heterocycles. The number of carbonyl (C=O) groups is 1. The molecule has 1 aromatic carbocycles. The molecule has 0 radical (unpaired) electrons. The van der Waals surface area contributed by atoms with Gasteiger partial charge in [0.2, 0.25) is 0 Å². The highest BCUT2D eigenvalue weighted by atomic mass is 16.5. The normalized spacial score (nSPS) is 14.1. The van der Waals surface area contributed by atoms with Crippen LogP contribution in [0.15, 0.2) is 18.2 Å². The molecular formula is C16H17NO3. The number of pyridine rings is 1. The van der Waals surface area contributed by atoms with Gasteiger partial charge in [0.05, 0.1) is 17.7 Å². The van der Waals surface area contributed by atoms with Crippen molar-refractivity contribution in [1.82, 2.24) is 4.98 Å². The number of nitrogens with zero attached hydrogens (tertiary/aromatic N) is 1. The van der Waals surface area contributed by atoms with Gasteiger partial charge in [-0.05, 0) is 56.4 Å². The van der Waals surface area contributed by atoms with Crippen LogP contribution in [-0.2, 0) is 12.8 Å². The Morgan fingerprint density at radius 3 is 2.90 bits per heavy atom. The molecule has 104 valence electrons. The third kappa shape index (κ3) is 2.11. The van der Waals surface area contributed by atoms with Crippen molar-refractivity contribution < 1.29 is 14.6 Å². The van der Waals surface area contributed by atoms with Crippen LogP contribution in [-0.4, -0.2) is 22.7 Å².